The molecule has 0 aliphatic carbocycles. The van der Waals surface area contributed by atoms with Gasteiger partial charge in [-0.25, -0.2) is 0 Å². The summed E-state index contributed by atoms with van der Waals surface area (Å²) in [5.41, 5.74) is 2.05. The minimum absolute atomic E-state index is 0.203. The first-order valence-corrected chi connectivity index (χ1v) is 6.96. The van der Waals surface area contributed by atoms with Gasteiger partial charge in [0.25, 0.3) is 0 Å². The van der Waals surface area contributed by atoms with E-state index in [-0.39, 0.29) is 6.10 Å². The van der Waals surface area contributed by atoms with E-state index in [1.54, 1.807) is 0 Å². The molecule has 1 rings (SSSR count). The van der Waals surface area contributed by atoms with Crippen molar-refractivity contribution < 1.29 is 4.43 Å². The molecule has 15 heavy (non-hydrogen) atoms. The SMILES string of the molecule is C=CC(C)O[SiH2]C(CC)c1ccccc1. The number of rotatable bonds is 6. The smallest absolute Gasteiger partial charge is 0.169 e. The zero-order valence-electron chi connectivity index (χ0n) is 9.65. The number of hydrogen-bond acceptors (Lipinski definition) is 1. The minimum Gasteiger partial charge on any atom is -0.417 e. The van der Waals surface area contributed by atoms with Crippen LogP contribution in [0.1, 0.15) is 31.4 Å². The van der Waals surface area contributed by atoms with Crippen LogP contribution < -0.4 is 0 Å². The van der Waals surface area contributed by atoms with Gasteiger partial charge in [-0.2, -0.15) is 0 Å². The van der Waals surface area contributed by atoms with E-state index in [0.717, 1.165) is 0 Å². The molecular weight excluding hydrogens is 200 g/mol. The molecule has 2 unspecified atom stereocenters. The minimum atomic E-state index is -0.503. The average Bonchev–Trinajstić information content (AvgIpc) is 2.31. The number of hydrogen-bond donors (Lipinski definition) is 0. The van der Waals surface area contributed by atoms with Crippen molar-refractivity contribution in [3.63, 3.8) is 0 Å². The van der Waals surface area contributed by atoms with Gasteiger partial charge in [-0.3, -0.25) is 0 Å². The van der Waals surface area contributed by atoms with Gasteiger partial charge < -0.3 is 4.43 Å². The summed E-state index contributed by atoms with van der Waals surface area (Å²) < 4.78 is 5.82. The van der Waals surface area contributed by atoms with Crippen LogP contribution in [0.15, 0.2) is 43.0 Å². The summed E-state index contributed by atoms with van der Waals surface area (Å²) in [6, 6.07) is 10.7. The van der Waals surface area contributed by atoms with Gasteiger partial charge in [0.1, 0.15) is 0 Å². The Balaban J connectivity index is 2.53. The Bertz CT molecular complexity index is 284. The molecule has 0 fully saturated rings. The highest BCUT2D eigenvalue weighted by molar-refractivity contribution is 6.30. The first kappa shape index (κ1) is 12.2. The van der Waals surface area contributed by atoms with Crippen LogP contribution in [-0.4, -0.2) is 15.9 Å². The van der Waals surface area contributed by atoms with Gasteiger partial charge in [-0.05, 0) is 18.0 Å². The summed E-state index contributed by atoms with van der Waals surface area (Å²) in [5, 5.41) is 0. The third-order valence-corrected chi connectivity index (χ3v) is 4.83. The van der Waals surface area contributed by atoms with Crippen molar-refractivity contribution in [1.82, 2.24) is 0 Å². The molecule has 0 bridgehead atoms. The highest BCUT2D eigenvalue weighted by Gasteiger charge is 2.10. The fourth-order valence-corrected chi connectivity index (χ4v) is 2.88. The maximum atomic E-state index is 5.82. The first-order chi connectivity index (χ1) is 7.27. The van der Waals surface area contributed by atoms with Crippen LogP contribution in [0.2, 0.25) is 0 Å². The fraction of sp³-hybridized carbons (Fsp3) is 0.385. The maximum absolute atomic E-state index is 5.82. The third-order valence-electron chi connectivity index (χ3n) is 2.66. The van der Waals surface area contributed by atoms with E-state index in [0.29, 0.717) is 5.54 Å². The van der Waals surface area contributed by atoms with Crippen molar-refractivity contribution in [3.05, 3.63) is 48.6 Å². The summed E-state index contributed by atoms with van der Waals surface area (Å²) >= 11 is 0. The van der Waals surface area contributed by atoms with E-state index in [1.165, 1.54) is 12.0 Å². The lowest BCUT2D eigenvalue weighted by atomic mass is 10.1. The maximum Gasteiger partial charge on any atom is 0.169 e. The highest BCUT2D eigenvalue weighted by atomic mass is 28.2. The van der Waals surface area contributed by atoms with Crippen LogP contribution in [0.25, 0.3) is 0 Å². The molecule has 82 valence electrons. The molecule has 0 heterocycles. The van der Waals surface area contributed by atoms with E-state index >= 15 is 0 Å². The summed E-state index contributed by atoms with van der Waals surface area (Å²) in [6.45, 7) is 8.02. The molecule has 0 amide bonds. The Morgan fingerprint density at radius 2 is 2.07 bits per heavy atom. The molecule has 0 saturated heterocycles. The third kappa shape index (κ3) is 4.02. The molecule has 0 aliphatic heterocycles. The van der Waals surface area contributed by atoms with Crippen LogP contribution in [0.4, 0.5) is 0 Å². The van der Waals surface area contributed by atoms with Crippen molar-refractivity contribution in [2.45, 2.75) is 31.9 Å². The summed E-state index contributed by atoms with van der Waals surface area (Å²) in [6.07, 6.45) is 3.24. The molecule has 0 radical (unpaired) electrons. The van der Waals surface area contributed by atoms with E-state index in [4.69, 9.17) is 4.43 Å². The predicted molar refractivity (Wildman–Crippen MR) is 68.8 cm³/mol. The fourth-order valence-electron chi connectivity index (χ4n) is 1.51. The Morgan fingerprint density at radius 1 is 1.40 bits per heavy atom. The van der Waals surface area contributed by atoms with Crippen molar-refractivity contribution in [2.75, 3.05) is 0 Å². The average molecular weight is 220 g/mol. The van der Waals surface area contributed by atoms with Gasteiger partial charge in [0.15, 0.2) is 9.76 Å². The number of benzene rings is 1. The molecule has 2 heteroatoms. The van der Waals surface area contributed by atoms with Gasteiger partial charge in [-0.15, -0.1) is 6.58 Å². The lowest BCUT2D eigenvalue weighted by Gasteiger charge is -2.17. The molecular formula is C13H20OSi. The van der Waals surface area contributed by atoms with Gasteiger partial charge in [0.2, 0.25) is 0 Å². The second-order valence-electron chi connectivity index (χ2n) is 3.79. The second kappa shape index (κ2) is 6.59. The topological polar surface area (TPSA) is 9.23 Å². The Labute approximate surface area is 95.1 Å². The van der Waals surface area contributed by atoms with Gasteiger partial charge in [0, 0.05) is 0 Å². The second-order valence-corrected chi connectivity index (χ2v) is 5.44. The largest absolute Gasteiger partial charge is 0.417 e. The van der Waals surface area contributed by atoms with Crippen LogP contribution in [0.3, 0.4) is 0 Å². The standard InChI is InChI=1S/C13H20OSi/c1-4-11(3)14-15-13(5-2)12-9-7-6-8-10-12/h4,6-11,13H,1,5,15H2,2-3H3. The van der Waals surface area contributed by atoms with Crippen LogP contribution in [0.5, 0.6) is 0 Å². The van der Waals surface area contributed by atoms with Gasteiger partial charge in [0.05, 0.1) is 6.10 Å². The van der Waals surface area contributed by atoms with Crippen molar-refractivity contribution in [1.29, 1.82) is 0 Å². The van der Waals surface area contributed by atoms with Crippen molar-refractivity contribution >= 4 is 9.76 Å². The lowest BCUT2D eigenvalue weighted by molar-refractivity contribution is 0.279. The zero-order chi connectivity index (χ0) is 11.1. The van der Waals surface area contributed by atoms with E-state index in [9.17, 15) is 0 Å². The summed E-state index contributed by atoms with van der Waals surface area (Å²) in [4.78, 5) is 0. The normalized spacial score (nSPS) is 15.3. The molecule has 1 aromatic rings. The lowest BCUT2D eigenvalue weighted by Crippen LogP contribution is -2.16. The molecule has 0 saturated carbocycles. The molecule has 2 atom stereocenters. The highest BCUT2D eigenvalue weighted by Crippen LogP contribution is 2.18. The molecule has 0 aliphatic rings. The van der Waals surface area contributed by atoms with E-state index < -0.39 is 9.76 Å². The first-order valence-electron chi connectivity index (χ1n) is 5.57. The zero-order valence-corrected chi connectivity index (χ0v) is 11.1. The quantitative estimate of drug-likeness (QED) is 0.529. The van der Waals surface area contributed by atoms with Gasteiger partial charge in [-0.1, -0.05) is 49.8 Å². The Hall–Kier alpha value is -0.863. The molecule has 1 nitrogen and oxygen atoms in total. The van der Waals surface area contributed by atoms with Gasteiger partial charge >= 0.3 is 0 Å². The Kier molecular flexibility index (Phi) is 5.36. The predicted octanol–water partition coefficient (Wildman–Crippen LogP) is 2.81. The molecule has 0 N–H and O–H groups in total. The molecule has 0 aromatic heterocycles. The van der Waals surface area contributed by atoms with Crippen LogP contribution in [0, 0.1) is 0 Å². The monoisotopic (exact) mass is 220 g/mol. The van der Waals surface area contributed by atoms with E-state index in [2.05, 4.69) is 50.8 Å². The summed E-state index contributed by atoms with van der Waals surface area (Å²) in [5.74, 6) is 0. The molecule has 1 aromatic carbocycles. The van der Waals surface area contributed by atoms with Crippen LogP contribution in [-0.2, 0) is 4.43 Å². The van der Waals surface area contributed by atoms with Crippen molar-refractivity contribution in [3.8, 4) is 0 Å². The van der Waals surface area contributed by atoms with E-state index in [1.807, 2.05) is 6.08 Å². The van der Waals surface area contributed by atoms with Crippen molar-refractivity contribution in [2.24, 2.45) is 0 Å². The van der Waals surface area contributed by atoms with Crippen LogP contribution >= 0.6 is 0 Å². The summed E-state index contributed by atoms with van der Waals surface area (Å²) in [7, 11) is -0.503. The molecule has 0 spiro atoms. The Morgan fingerprint density at radius 3 is 2.60 bits per heavy atom.